The molecule has 0 aromatic rings. The average Bonchev–Trinajstić information content (AvgIpc) is 2.06. The molecule has 0 aromatic heterocycles. The predicted molar refractivity (Wildman–Crippen MR) is 47.6 cm³/mol. The summed E-state index contributed by atoms with van der Waals surface area (Å²) in [6.07, 6.45) is 4.91. The number of esters is 1. The van der Waals surface area contributed by atoms with Crippen LogP contribution in [0.2, 0.25) is 0 Å². The van der Waals surface area contributed by atoms with Gasteiger partial charge in [-0.3, -0.25) is 4.79 Å². The van der Waals surface area contributed by atoms with Crippen molar-refractivity contribution in [1.29, 1.82) is 0 Å². The van der Waals surface area contributed by atoms with Gasteiger partial charge in [0, 0.05) is 0 Å². The van der Waals surface area contributed by atoms with Crippen molar-refractivity contribution in [2.45, 2.75) is 25.9 Å². The van der Waals surface area contributed by atoms with E-state index in [1.165, 1.54) is 0 Å². The number of carbonyl (C=O) groups is 1. The zero-order chi connectivity index (χ0) is 9.19. The largest absolute Gasteiger partial charge is 0.462 e. The van der Waals surface area contributed by atoms with Gasteiger partial charge in [0.1, 0.15) is 5.41 Å². The van der Waals surface area contributed by atoms with E-state index in [4.69, 9.17) is 4.74 Å². The molecule has 0 aromatic carbocycles. The van der Waals surface area contributed by atoms with E-state index in [2.05, 4.69) is 13.2 Å². The molecule has 1 heterocycles. The number of rotatable bonds is 2. The van der Waals surface area contributed by atoms with Crippen LogP contribution in [0.15, 0.2) is 25.3 Å². The Labute approximate surface area is 72.9 Å². The molecule has 0 spiro atoms. The maximum atomic E-state index is 11.4. The summed E-state index contributed by atoms with van der Waals surface area (Å²) in [5, 5.41) is 0. The summed E-state index contributed by atoms with van der Waals surface area (Å²) in [7, 11) is 0. The van der Waals surface area contributed by atoms with Crippen LogP contribution in [-0.2, 0) is 9.53 Å². The molecule has 1 aliphatic heterocycles. The molecule has 2 heteroatoms. The number of ether oxygens (including phenoxy) is 1. The Morgan fingerprint density at radius 2 is 2.17 bits per heavy atom. The van der Waals surface area contributed by atoms with Crippen LogP contribution in [0.3, 0.4) is 0 Å². The van der Waals surface area contributed by atoms with Gasteiger partial charge in [0.05, 0.1) is 6.10 Å². The van der Waals surface area contributed by atoms with Gasteiger partial charge in [0.25, 0.3) is 0 Å². The molecule has 66 valence electrons. The first kappa shape index (κ1) is 9.04. The van der Waals surface area contributed by atoms with Gasteiger partial charge in [-0.15, -0.1) is 13.2 Å². The number of hydrogen-bond acceptors (Lipinski definition) is 2. The van der Waals surface area contributed by atoms with Crippen molar-refractivity contribution in [3.05, 3.63) is 25.3 Å². The van der Waals surface area contributed by atoms with E-state index in [9.17, 15) is 4.79 Å². The summed E-state index contributed by atoms with van der Waals surface area (Å²) in [5.41, 5.74) is -0.632. The lowest BCUT2D eigenvalue weighted by molar-refractivity contribution is -0.161. The highest BCUT2D eigenvalue weighted by molar-refractivity contribution is 5.82. The first-order valence-corrected chi connectivity index (χ1v) is 4.13. The first-order valence-electron chi connectivity index (χ1n) is 4.13. The molecule has 0 bridgehead atoms. The molecule has 0 saturated carbocycles. The third-order valence-electron chi connectivity index (χ3n) is 2.38. The molecule has 0 N–H and O–H groups in total. The highest BCUT2D eigenvalue weighted by Gasteiger charge is 2.38. The molecule has 2 nitrogen and oxygen atoms in total. The van der Waals surface area contributed by atoms with Crippen molar-refractivity contribution in [3.8, 4) is 0 Å². The van der Waals surface area contributed by atoms with Crippen LogP contribution in [-0.4, -0.2) is 12.1 Å². The third-order valence-corrected chi connectivity index (χ3v) is 2.38. The van der Waals surface area contributed by atoms with Gasteiger partial charge in [-0.25, -0.2) is 0 Å². The zero-order valence-corrected chi connectivity index (χ0v) is 7.38. The van der Waals surface area contributed by atoms with E-state index in [0.29, 0.717) is 0 Å². The van der Waals surface area contributed by atoms with E-state index in [1.54, 1.807) is 12.2 Å². The standard InChI is InChI=1S/C10H14O2/c1-4-10(5-2)7-6-8(3)12-9(10)11/h4-5,8H,1-2,6-7H2,3H3. The molecule has 12 heavy (non-hydrogen) atoms. The molecule has 1 rings (SSSR count). The summed E-state index contributed by atoms with van der Waals surface area (Å²) >= 11 is 0. The van der Waals surface area contributed by atoms with E-state index in [1.807, 2.05) is 6.92 Å². The Hall–Kier alpha value is -1.05. The molecule has 1 atom stereocenters. The van der Waals surface area contributed by atoms with Crippen LogP contribution < -0.4 is 0 Å². The molecule has 1 unspecified atom stereocenters. The third kappa shape index (κ3) is 1.29. The lowest BCUT2D eigenvalue weighted by atomic mass is 9.81. The Kier molecular flexibility index (Phi) is 2.36. The van der Waals surface area contributed by atoms with Gasteiger partial charge >= 0.3 is 5.97 Å². The highest BCUT2D eigenvalue weighted by Crippen LogP contribution is 2.34. The fraction of sp³-hybridized carbons (Fsp3) is 0.500. The lowest BCUT2D eigenvalue weighted by Crippen LogP contribution is -2.37. The van der Waals surface area contributed by atoms with Crippen LogP contribution >= 0.6 is 0 Å². The maximum Gasteiger partial charge on any atom is 0.320 e. The molecule has 1 saturated heterocycles. The highest BCUT2D eigenvalue weighted by atomic mass is 16.5. The van der Waals surface area contributed by atoms with Crippen LogP contribution in [0.5, 0.6) is 0 Å². The monoisotopic (exact) mass is 166 g/mol. The van der Waals surface area contributed by atoms with Crippen molar-refractivity contribution >= 4 is 5.97 Å². The minimum Gasteiger partial charge on any atom is -0.462 e. The second kappa shape index (κ2) is 3.13. The topological polar surface area (TPSA) is 26.3 Å². The Balaban J connectivity index is 2.84. The average molecular weight is 166 g/mol. The zero-order valence-electron chi connectivity index (χ0n) is 7.38. The van der Waals surface area contributed by atoms with E-state index >= 15 is 0 Å². The fourth-order valence-electron chi connectivity index (χ4n) is 1.35. The molecular formula is C10H14O2. The summed E-state index contributed by atoms with van der Waals surface area (Å²) in [6.45, 7) is 9.16. The second-order valence-corrected chi connectivity index (χ2v) is 3.20. The molecule has 0 amide bonds. The number of hydrogen-bond donors (Lipinski definition) is 0. The van der Waals surface area contributed by atoms with Gasteiger partial charge in [-0.2, -0.15) is 0 Å². The van der Waals surface area contributed by atoms with Crippen molar-refractivity contribution in [1.82, 2.24) is 0 Å². The van der Waals surface area contributed by atoms with Gasteiger partial charge in [-0.05, 0) is 19.8 Å². The maximum absolute atomic E-state index is 11.4. The summed E-state index contributed by atoms with van der Waals surface area (Å²) in [5.74, 6) is -0.216. The first-order chi connectivity index (χ1) is 5.64. The normalized spacial score (nSPS) is 27.4. The predicted octanol–water partition coefficient (Wildman–Crippen LogP) is 2.07. The van der Waals surface area contributed by atoms with E-state index in [-0.39, 0.29) is 12.1 Å². The van der Waals surface area contributed by atoms with Crippen LogP contribution in [0.25, 0.3) is 0 Å². The molecule has 0 aliphatic carbocycles. The van der Waals surface area contributed by atoms with Crippen molar-refractivity contribution in [2.75, 3.05) is 0 Å². The SMILES string of the molecule is C=CC1(C=C)CCC(C)OC1=O. The Morgan fingerprint density at radius 1 is 1.58 bits per heavy atom. The fourth-order valence-corrected chi connectivity index (χ4v) is 1.35. The number of cyclic esters (lactones) is 1. The summed E-state index contributed by atoms with van der Waals surface area (Å²) in [6, 6.07) is 0. The molecule has 0 radical (unpaired) electrons. The quantitative estimate of drug-likeness (QED) is 0.463. The molecule has 1 fully saturated rings. The lowest BCUT2D eigenvalue weighted by Gasteiger charge is -2.32. The van der Waals surface area contributed by atoms with Gasteiger partial charge in [0.15, 0.2) is 0 Å². The second-order valence-electron chi connectivity index (χ2n) is 3.20. The summed E-state index contributed by atoms with van der Waals surface area (Å²) in [4.78, 5) is 11.4. The Bertz CT molecular complexity index is 210. The molecular weight excluding hydrogens is 152 g/mol. The Morgan fingerprint density at radius 3 is 2.58 bits per heavy atom. The van der Waals surface area contributed by atoms with Gasteiger partial charge < -0.3 is 4.74 Å². The van der Waals surface area contributed by atoms with Crippen molar-refractivity contribution < 1.29 is 9.53 Å². The van der Waals surface area contributed by atoms with Crippen molar-refractivity contribution in [2.24, 2.45) is 5.41 Å². The van der Waals surface area contributed by atoms with Gasteiger partial charge in [-0.1, -0.05) is 12.2 Å². The van der Waals surface area contributed by atoms with Crippen LogP contribution in [0.4, 0.5) is 0 Å². The minimum atomic E-state index is -0.632. The van der Waals surface area contributed by atoms with Gasteiger partial charge in [0.2, 0.25) is 0 Å². The van der Waals surface area contributed by atoms with Crippen molar-refractivity contribution in [3.63, 3.8) is 0 Å². The van der Waals surface area contributed by atoms with E-state index < -0.39 is 5.41 Å². The number of carbonyl (C=O) groups excluding carboxylic acids is 1. The van der Waals surface area contributed by atoms with E-state index in [0.717, 1.165) is 12.8 Å². The smallest absolute Gasteiger partial charge is 0.320 e. The van der Waals surface area contributed by atoms with Crippen LogP contribution in [0.1, 0.15) is 19.8 Å². The molecule has 1 aliphatic rings. The summed E-state index contributed by atoms with van der Waals surface area (Å²) < 4.78 is 5.10. The minimum absolute atomic E-state index is 0.0329. The van der Waals surface area contributed by atoms with Crippen LogP contribution in [0, 0.1) is 5.41 Å².